The summed E-state index contributed by atoms with van der Waals surface area (Å²) >= 11 is 1.79. The lowest BCUT2D eigenvalue weighted by atomic mass is 10.1. The first-order valence-corrected chi connectivity index (χ1v) is 9.03. The van der Waals surface area contributed by atoms with E-state index in [4.69, 9.17) is 0 Å². The van der Waals surface area contributed by atoms with Crippen molar-refractivity contribution in [3.8, 4) is 0 Å². The average Bonchev–Trinajstić information content (AvgIpc) is 3.11. The number of hydrogen-bond acceptors (Lipinski definition) is 3. The van der Waals surface area contributed by atoms with Gasteiger partial charge in [-0.2, -0.15) is 5.10 Å². The Morgan fingerprint density at radius 2 is 2.13 bits per heavy atom. The van der Waals surface area contributed by atoms with E-state index in [1.54, 1.807) is 11.3 Å². The van der Waals surface area contributed by atoms with Crippen LogP contribution in [0.2, 0.25) is 0 Å². The summed E-state index contributed by atoms with van der Waals surface area (Å²) in [5, 5.41) is 13.3. The lowest BCUT2D eigenvalue weighted by Gasteiger charge is -2.11. The Bertz CT molecular complexity index is 628. The molecule has 0 atom stereocenters. The topological polar surface area (TPSA) is 54.2 Å². The SMILES string of the molecule is CCNC(=NCCc1cccs1)NCCc1c(C)nn(C)c1C. The van der Waals surface area contributed by atoms with E-state index < -0.39 is 0 Å². The predicted molar refractivity (Wildman–Crippen MR) is 98.4 cm³/mol. The number of rotatable bonds is 7. The van der Waals surface area contributed by atoms with Crippen LogP contribution < -0.4 is 10.6 Å². The molecule has 0 unspecified atom stereocenters. The molecule has 126 valence electrons. The largest absolute Gasteiger partial charge is 0.357 e. The molecule has 0 aliphatic heterocycles. The lowest BCUT2D eigenvalue weighted by molar-refractivity contribution is 0.729. The van der Waals surface area contributed by atoms with Crippen molar-refractivity contribution in [3.05, 3.63) is 39.3 Å². The number of guanidine groups is 1. The number of aliphatic imine (C=N–C) groups is 1. The van der Waals surface area contributed by atoms with Gasteiger partial charge < -0.3 is 10.6 Å². The van der Waals surface area contributed by atoms with Crippen LogP contribution >= 0.6 is 11.3 Å². The third kappa shape index (κ3) is 5.10. The van der Waals surface area contributed by atoms with Crippen LogP contribution in [0.4, 0.5) is 0 Å². The van der Waals surface area contributed by atoms with E-state index >= 15 is 0 Å². The van der Waals surface area contributed by atoms with Gasteiger partial charge in [0.05, 0.1) is 5.69 Å². The number of nitrogens with zero attached hydrogens (tertiary/aromatic N) is 3. The Hall–Kier alpha value is -1.82. The highest BCUT2D eigenvalue weighted by Gasteiger charge is 2.09. The van der Waals surface area contributed by atoms with Crippen molar-refractivity contribution in [2.45, 2.75) is 33.6 Å². The van der Waals surface area contributed by atoms with Gasteiger partial charge in [0.2, 0.25) is 0 Å². The standard InChI is InChI=1S/C17H27N5S/c1-5-18-17(19-10-8-15-7-6-12-23-15)20-11-9-16-13(2)21-22(4)14(16)3/h6-7,12H,5,8-11H2,1-4H3,(H2,18,19,20). The van der Waals surface area contributed by atoms with Crippen LogP contribution in [0.5, 0.6) is 0 Å². The van der Waals surface area contributed by atoms with Crippen LogP contribution in [0.15, 0.2) is 22.5 Å². The first kappa shape index (κ1) is 17.5. The van der Waals surface area contributed by atoms with Crippen molar-refractivity contribution in [2.75, 3.05) is 19.6 Å². The Labute approximate surface area is 142 Å². The van der Waals surface area contributed by atoms with E-state index in [0.29, 0.717) is 0 Å². The van der Waals surface area contributed by atoms with Crippen LogP contribution in [0.3, 0.4) is 0 Å². The van der Waals surface area contributed by atoms with Gasteiger partial charge >= 0.3 is 0 Å². The van der Waals surface area contributed by atoms with Crippen molar-refractivity contribution < 1.29 is 0 Å². The Morgan fingerprint density at radius 3 is 2.74 bits per heavy atom. The van der Waals surface area contributed by atoms with Crippen LogP contribution in [0.1, 0.15) is 28.8 Å². The molecule has 2 aromatic rings. The lowest BCUT2D eigenvalue weighted by Crippen LogP contribution is -2.38. The van der Waals surface area contributed by atoms with Gasteiger partial charge in [0.15, 0.2) is 5.96 Å². The molecule has 0 spiro atoms. The summed E-state index contributed by atoms with van der Waals surface area (Å²) in [6, 6.07) is 4.25. The number of hydrogen-bond donors (Lipinski definition) is 2. The molecule has 0 bridgehead atoms. The normalized spacial score (nSPS) is 11.7. The molecule has 0 fully saturated rings. The van der Waals surface area contributed by atoms with Gasteiger partial charge in [-0.25, -0.2) is 0 Å². The molecule has 2 aromatic heterocycles. The minimum absolute atomic E-state index is 0.806. The molecule has 2 rings (SSSR count). The summed E-state index contributed by atoms with van der Waals surface area (Å²) in [6.45, 7) is 8.82. The van der Waals surface area contributed by atoms with Crippen LogP contribution in [0, 0.1) is 13.8 Å². The Morgan fingerprint density at radius 1 is 1.30 bits per heavy atom. The molecule has 5 nitrogen and oxygen atoms in total. The summed E-state index contributed by atoms with van der Waals surface area (Å²) in [7, 11) is 2.00. The zero-order valence-corrected chi connectivity index (χ0v) is 15.3. The summed E-state index contributed by atoms with van der Waals surface area (Å²) in [4.78, 5) is 6.03. The van der Waals surface area contributed by atoms with E-state index in [1.165, 1.54) is 16.1 Å². The van der Waals surface area contributed by atoms with Crippen molar-refractivity contribution in [1.29, 1.82) is 0 Å². The average molecular weight is 334 g/mol. The fraction of sp³-hybridized carbons (Fsp3) is 0.529. The number of nitrogens with one attached hydrogen (secondary N) is 2. The molecule has 0 aliphatic rings. The maximum atomic E-state index is 4.65. The fourth-order valence-electron chi connectivity index (χ4n) is 2.56. The van der Waals surface area contributed by atoms with E-state index in [0.717, 1.165) is 44.1 Å². The van der Waals surface area contributed by atoms with Crippen LogP contribution in [0.25, 0.3) is 0 Å². The van der Waals surface area contributed by atoms with Crippen molar-refractivity contribution in [1.82, 2.24) is 20.4 Å². The summed E-state index contributed by atoms with van der Waals surface area (Å²) < 4.78 is 1.95. The highest BCUT2D eigenvalue weighted by atomic mass is 32.1. The van der Waals surface area contributed by atoms with Crippen LogP contribution in [-0.2, 0) is 19.9 Å². The third-order valence-corrected chi connectivity index (χ3v) is 4.81. The highest BCUT2D eigenvalue weighted by molar-refractivity contribution is 7.09. The zero-order chi connectivity index (χ0) is 16.7. The number of thiophene rings is 1. The smallest absolute Gasteiger partial charge is 0.191 e. The van der Waals surface area contributed by atoms with Gasteiger partial charge in [0, 0.05) is 43.7 Å². The Balaban J connectivity index is 1.84. The highest BCUT2D eigenvalue weighted by Crippen LogP contribution is 2.12. The van der Waals surface area contributed by atoms with E-state index in [2.05, 4.69) is 59.0 Å². The minimum Gasteiger partial charge on any atom is -0.357 e. The first-order chi connectivity index (χ1) is 11.1. The second-order valence-corrected chi connectivity index (χ2v) is 6.57. The van der Waals surface area contributed by atoms with Crippen molar-refractivity contribution in [3.63, 3.8) is 0 Å². The molecule has 2 N–H and O–H groups in total. The van der Waals surface area contributed by atoms with E-state index in [9.17, 15) is 0 Å². The summed E-state index contributed by atoms with van der Waals surface area (Å²) in [5.41, 5.74) is 3.69. The van der Waals surface area contributed by atoms with E-state index in [-0.39, 0.29) is 0 Å². The second-order valence-electron chi connectivity index (χ2n) is 5.54. The molecule has 0 aliphatic carbocycles. The van der Waals surface area contributed by atoms with Gasteiger partial charge in [-0.1, -0.05) is 6.07 Å². The molecule has 0 saturated heterocycles. The van der Waals surface area contributed by atoms with Crippen molar-refractivity contribution in [2.24, 2.45) is 12.0 Å². The maximum absolute atomic E-state index is 4.65. The molecule has 0 amide bonds. The second kappa shape index (κ2) is 8.72. The quantitative estimate of drug-likeness (QED) is 0.604. The minimum atomic E-state index is 0.806. The number of aromatic nitrogens is 2. The molecule has 23 heavy (non-hydrogen) atoms. The van der Waals surface area contributed by atoms with Gasteiger partial charge in [-0.05, 0) is 44.2 Å². The number of aryl methyl sites for hydroxylation is 2. The van der Waals surface area contributed by atoms with E-state index in [1.807, 2.05) is 11.7 Å². The molecule has 0 saturated carbocycles. The molecular formula is C17H27N5S. The molecule has 6 heteroatoms. The van der Waals surface area contributed by atoms with Gasteiger partial charge in [-0.3, -0.25) is 9.67 Å². The molecular weight excluding hydrogens is 306 g/mol. The summed E-state index contributed by atoms with van der Waals surface area (Å²) in [6.07, 6.45) is 1.95. The predicted octanol–water partition coefficient (Wildman–Crippen LogP) is 2.44. The maximum Gasteiger partial charge on any atom is 0.191 e. The molecule has 0 radical (unpaired) electrons. The molecule has 0 aromatic carbocycles. The fourth-order valence-corrected chi connectivity index (χ4v) is 3.26. The summed E-state index contributed by atoms with van der Waals surface area (Å²) in [5.74, 6) is 0.892. The molecule has 2 heterocycles. The van der Waals surface area contributed by atoms with Crippen LogP contribution in [-0.4, -0.2) is 35.4 Å². The van der Waals surface area contributed by atoms with Crippen molar-refractivity contribution >= 4 is 17.3 Å². The first-order valence-electron chi connectivity index (χ1n) is 8.15. The Kier molecular flexibility index (Phi) is 6.65. The zero-order valence-electron chi connectivity index (χ0n) is 14.5. The monoisotopic (exact) mass is 333 g/mol. The van der Waals surface area contributed by atoms with Gasteiger partial charge in [0.25, 0.3) is 0 Å². The van der Waals surface area contributed by atoms with Gasteiger partial charge in [-0.15, -0.1) is 11.3 Å². The third-order valence-electron chi connectivity index (χ3n) is 3.88. The van der Waals surface area contributed by atoms with Gasteiger partial charge in [0.1, 0.15) is 0 Å².